The van der Waals surface area contributed by atoms with E-state index in [1.54, 1.807) is 31.3 Å². The highest BCUT2D eigenvalue weighted by Crippen LogP contribution is 2.42. The quantitative estimate of drug-likeness (QED) is 0.401. The minimum Gasteiger partial charge on any atom is -0.495 e. The van der Waals surface area contributed by atoms with Gasteiger partial charge >= 0.3 is 0 Å². The topological polar surface area (TPSA) is 82.6 Å². The number of nitrogens with zero attached hydrogens (tertiary/aromatic N) is 3. The summed E-state index contributed by atoms with van der Waals surface area (Å²) in [6.07, 6.45) is 0.757. The number of hydrogen-bond acceptors (Lipinski definition) is 9. The van der Waals surface area contributed by atoms with E-state index in [4.69, 9.17) is 28.7 Å². The molecule has 0 unspecified atom stereocenters. The van der Waals surface area contributed by atoms with Crippen LogP contribution in [0.2, 0.25) is 0 Å². The largest absolute Gasteiger partial charge is 0.495 e. The number of carbonyl (C=O) groups excluding carboxylic acids is 1. The molecule has 10 heteroatoms. The molecular weight excluding hydrogens is 458 g/mol. The summed E-state index contributed by atoms with van der Waals surface area (Å²) < 4.78 is 28.1. The summed E-state index contributed by atoms with van der Waals surface area (Å²) in [7, 11) is 11.8. The Morgan fingerprint density at radius 2 is 1.44 bits per heavy atom. The van der Waals surface area contributed by atoms with Gasteiger partial charge in [-0.15, -0.1) is 0 Å². The van der Waals surface area contributed by atoms with Gasteiger partial charge in [0.05, 0.1) is 35.5 Å². The molecule has 2 aromatic carbocycles. The number of methoxy groups -OCH3 is 5. The van der Waals surface area contributed by atoms with Gasteiger partial charge in [0.25, 0.3) is 5.91 Å². The summed E-state index contributed by atoms with van der Waals surface area (Å²) in [5, 5.41) is 0.551. The lowest BCUT2D eigenvalue weighted by Gasteiger charge is -2.22. The van der Waals surface area contributed by atoms with Gasteiger partial charge in [-0.1, -0.05) is 11.3 Å². The normalized spacial score (nSPS) is 10.9. The molecule has 0 N–H and O–H groups in total. The molecule has 0 saturated carbocycles. The van der Waals surface area contributed by atoms with Crippen LogP contribution >= 0.6 is 11.3 Å². The van der Waals surface area contributed by atoms with Crippen molar-refractivity contribution in [2.45, 2.75) is 6.42 Å². The van der Waals surface area contributed by atoms with Crippen LogP contribution < -0.4 is 28.6 Å². The summed E-state index contributed by atoms with van der Waals surface area (Å²) in [6.45, 7) is 1.29. The van der Waals surface area contributed by atoms with Gasteiger partial charge in [0.1, 0.15) is 21.7 Å². The van der Waals surface area contributed by atoms with Crippen LogP contribution in [0.5, 0.6) is 28.7 Å². The summed E-state index contributed by atoms with van der Waals surface area (Å²) in [4.78, 5) is 22.3. The van der Waals surface area contributed by atoms with Gasteiger partial charge in [-0.3, -0.25) is 9.69 Å². The Bertz CT molecular complexity index is 1080. The number of anilines is 1. The van der Waals surface area contributed by atoms with Crippen LogP contribution in [0.25, 0.3) is 10.2 Å². The molecule has 0 atom stereocenters. The van der Waals surface area contributed by atoms with Gasteiger partial charge in [-0.25, -0.2) is 4.98 Å². The zero-order valence-corrected chi connectivity index (χ0v) is 21.4. The van der Waals surface area contributed by atoms with Crippen molar-refractivity contribution >= 4 is 32.6 Å². The highest BCUT2D eigenvalue weighted by molar-refractivity contribution is 7.22. The maximum absolute atomic E-state index is 13.8. The van der Waals surface area contributed by atoms with E-state index >= 15 is 0 Å². The molecule has 0 aliphatic rings. The first-order valence-electron chi connectivity index (χ1n) is 10.7. The van der Waals surface area contributed by atoms with E-state index in [2.05, 4.69) is 4.90 Å². The van der Waals surface area contributed by atoms with E-state index in [0.717, 1.165) is 17.7 Å². The molecule has 0 aliphatic carbocycles. The number of aromatic nitrogens is 1. The van der Waals surface area contributed by atoms with E-state index in [0.29, 0.717) is 51.5 Å². The molecule has 3 rings (SSSR count). The molecular formula is C24H31N3O6S. The Balaban J connectivity index is 2.11. The smallest absolute Gasteiger partial charge is 0.260 e. The van der Waals surface area contributed by atoms with E-state index < -0.39 is 0 Å². The molecule has 1 heterocycles. The third-order valence-electron chi connectivity index (χ3n) is 5.27. The van der Waals surface area contributed by atoms with Crippen molar-refractivity contribution in [3.8, 4) is 28.7 Å². The first kappa shape index (κ1) is 25.4. The second kappa shape index (κ2) is 11.3. The van der Waals surface area contributed by atoms with E-state index in [1.807, 2.05) is 26.2 Å². The maximum Gasteiger partial charge on any atom is 0.260 e. The molecule has 0 radical (unpaired) electrons. The Hall–Kier alpha value is -3.24. The maximum atomic E-state index is 13.8. The molecule has 0 bridgehead atoms. The van der Waals surface area contributed by atoms with Crippen LogP contribution in [0.3, 0.4) is 0 Å². The van der Waals surface area contributed by atoms with Gasteiger partial charge in [-0.05, 0) is 51.3 Å². The standard InChI is InChI=1S/C24H31N3O6S/c1-26(2)11-8-12-27(23(28)15-13-18(31-5)21(33-7)19(14-15)32-6)24-25-20-16(29-3)9-10-17(30-4)22(20)34-24/h9-10,13-14H,8,11-12H2,1-7H3. The summed E-state index contributed by atoms with van der Waals surface area (Å²) in [6, 6.07) is 6.94. The zero-order valence-electron chi connectivity index (χ0n) is 20.6. The Labute approximate surface area is 203 Å². The second-order valence-corrected chi connectivity index (χ2v) is 8.65. The van der Waals surface area contributed by atoms with Gasteiger partial charge in [0, 0.05) is 12.1 Å². The highest BCUT2D eigenvalue weighted by Gasteiger charge is 2.26. The van der Waals surface area contributed by atoms with Gasteiger partial charge < -0.3 is 28.6 Å². The van der Waals surface area contributed by atoms with Gasteiger partial charge in [0.2, 0.25) is 5.75 Å². The first-order valence-corrected chi connectivity index (χ1v) is 11.5. The van der Waals surface area contributed by atoms with Crippen molar-refractivity contribution < 1.29 is 28.5 Å². The monoisotopic (exact) mass is 489 g/mol. The molecule has 0 fully saturated rings. The highest BCUT2D eigenvalue weighted by atomic mass is 32.1. The van der Waals surface area contributed by atoms with Gasteiger partial charge in [0.15, 0.2) is 16.6 Å². The van der Waals surface area contributed by atoms with E-state index in [9.17, 15) is 4.79 Å². The van der Waals surface area contributed by atoms with Crippen molar-refractivity contribution in [1.82, 2.24) is 9.88 Å². The van der Waals surface area contributed by atoms with Gasteiger partial charge in [-0.2, -0.15) is 0 Å². The third kappa shape index (κ3) is 5.13. The molecule has 0 saturated heterocycles. The molecule has 0 aliphatic heterocycles. The fourth-order valence-corrected chi connectivity index (χ4v) is 4.68. The molecule has 1 aromatic heterocycles. The summed E-state index contributed by atoms with van der Waals surface area (Å²) in [5.74, 6) is 2.31. The van der Waals surface area contributed by atoms with Crippen LogP contribution in [0, 0.1) is 0 Å². The number of fused-ring (bicyclic) bond motifs is 1. The van der Waals surface area contributed by atoms with Crippen molar-refractivity contribution in [3.63, 3.8) is 0 Å². The molecule has 9 nitrogen and oxygen atoms in total. The second-order valence-electron chi connectivity index (χ2n) is 7.67. The molecule has 3 aromatic rings. The number of hydrogen-bond donors (Lipinski definition) is 0. The lowest BCUT2D eigenvalue weighted by atomic mass is 10.1. The zero-order chi connectivity index (χ0) is 24.8. The Morgan fingerprint density at radius 3 is 1.97 bits per heavy atom. The molecule has 184 valence electrons. The summed E-state index contributed by atoms with van der Waals surface area (Å²) in [5.41, 5.74) is 1.05. The van der Waals surface area contributed by atoms with Crippen molar-refractivity contribution in [2.75, 3.05) is 67.6 Å². The number of rotatable bonds is 11. The third-order valence-corrected chi connectivity index (χ3v) is 6.37. The first-order chi connectivity index (χ1) is 16.4. The average Bonchev–Trinajstić information content (AvgIpc) is 3.29. The van der Waals surface area contributed by atoms with E-state index in [1.165, 1.54) is 32.7 Å². The SMILES string of the molecule is COc1cc(C(=O)N(CCCN(C)C)c2nc3c(OC)ccc(OC)c3s2)cc(OC)c1OC. The number of benzene rings is 2. The predicted molar refractivity (Wildman–Crippen MR) is 134 cm³/mol. The van der Waals surface area contributed by atoms with Crippen molar-refractivity contribution in [3.05, 3.63) is 29.8 Å². The number of thiazole rings is 1. The number of amides is 1. The molecule has 1 amide bonds. The van der Waals surface area contributed by atoms with Crippen LogP contribution in [0.1, 0.15) is 16.8 Å². The number of ether oxygens (including phenoxy) is 5. The fourth-order valence-electron chi connectivity index (χ4n) is 3.58. The molecule has 34 heavy (non-hydrogen) atoms. The minimum absolute atomic E-state index is 0.227. The average molecular weight is 490 g/mol. The van der Waals surface area contributed by atoms with Crippen molar-refractivity contribution in [1.29, 1.82) is 0 Å². The fraction of sp³-hybridized carbons (Fsp3) is 0.417. The lowest BCUT2D eigenvalue weighted by molar-refractivity contribution is 0.0985. The summed E-state index contributed by atoms with van der Waals surface area (Å²) >= 11 is 1.38. The van der Waals surface area contributed by atoms with Crippen molar-refractivity contribution in [2.24, 2.45) is 0 Å². The van der Waals surface area contributed by atoms with Crippen LogP contribution in [0.4, 0.5) is 5.13 Å². The van der Waals surface area contributed by atoms with E-state index in [-0.39, 0.29) is 5.91 Å². The minimum atomic E-state index is -0.227. The van der Waals surface area contributed by atoms with Crippen LogP contribution in [-0.2, 0) is 0 Å². The van der Waals surface area contributed by atoms with Crippen LogP contribution in [-0.4, -0.2) is 78.5 Å². The number of carbonyl (C=O) groups is 1. The Kier molecular flexibility index (Phi) is 8.41. The lowest BCUT2D eigenvalue weighted by Crippen LogP contribution is -2.33. The predicted octanol–water partition coefficient (Wildman–Crippen LogP) is 3.94. The molecule has 0 spiro atoms. The van der Waals surface area contributed by atoms with Crippen LogP contribution in [0.15, 0.2) is 24.3 Å². The Morgan fingerprint density at radius 1 is 0.853 bits per heavy atom.